The highest BCUT2D eigenvalue weighted by molar-refractivity contribution is 6.30. The standard InChI is InChI=1S/C17H18ClNO/c1-3-16(13-6-4-12(2)5-7-13)19-17(20)14-8-10-15(18)11-9-14/h4-11,16H,3H2,1-2H3,(H,19,20)/t16-/m1/s1. The molecule has 0 aliphatic rings. The molecule has 0 radical (unpaired) electrons. The maximum absolute atomic E-state index is 12.2. The van der Waals surface area contributed by atoms with Crippen molar-refractivity contribution in [3.63, 3.8) is 0 Å². The molecule has 0 aromatic heterocycles. The van der Waals surface area contributed by atoms with E-state index in [1.807, 2.05) is 0 Å². The first kappa shape index (κ1) is 14.6. The van der Waals surface area contributed by atoms with Gasteiger partial charge in [-0.3, -0.25) is 4.79 Å². The summed E-state index contributed by atoms with van der Waals surface area (Å²) in [7, 11) is 0. The van der Waals surface area contributed by atoms with Crippen molar-refractivity contribution >= 4 is 17.5 Å². The van der Waals surface area contributed by atoms with Gasteiger partial charge in [-0.2, -0.15) is 0 Å². The molecule has 2 aromatic carbocycles. The Balaban J connectivity index is 2.11. The lowest BCUT2D eigenvalue weighted by molar-refractivity contribution is 0.0935. The van der Waals surface area contributed by atoms with E-state index < -0.39 is 0 Å². The van der Waals surface area contributed by atoms with Gasteiger partial charge in [0.15, 0.2) is 0 Å². The van der Waals surface area contributed by atoms with Crippen molar-refractivity contribution in [1.29, 1.82) is 0 Å². The van der Waals surface area contributed by atoms with Crippen molar-refractivity contribution < 1.29 is 4.79 Å². The normalized spacial score (nSPS) is 11.9. The summed E-state index contributed by atoms with van der Waals surface area (Å²) in [4.78, 5) is 12.2. The van der Waals surface area contributed by atoms with Crippen LogP contribution in [0.2, 0.25) is 5.02 Å². The van der Waals surface area contributed by atoms with Crippen LogP contribution in [0.3, 0.4) is 0 Å². The molecule has 1 amide bonds. The monoisotopic (exact) mass is 287 g/mol. The Labute approximate surface area is 124 Å². The van der Waals surface area contributed by atoms with Crippen LogP contribution in [0.1, 0.15) is 40.9 Å². The minimum Gasteiger partial charge on any atom is -0.345 e. The summed E-state index contributed by atoms with van der Waals surface area (Å²) in [6.45, 7) is 4.11. The fourth-order valence-corrected chi connectivity index (χ4v) is 2.19. The van der Waals surface area contributed by atoms with E-state index in [1.54, 1.807) is 24.3 Å². The number of amides is 1. The van der Waals surface area contributed by atoms with Crippen LogP contribution in [0.4, 0.5) is 0 Å². The fraction of sp³-hybridized carbons (Fsp3) is 0.235. The maximum Gasteiger partial charge on any atom is 0.251 e. The Morgan fingerprint density at radius 3 is 2.25 bits per heavy atom. The van der Waals surface area contributed by atoms with Crippen molar-refractivity contribution in [3.8, 4) is 0 Å². The van der Waals surface area contributed by atoms with Crippen LogP contribution in [-0.4, -0.2) is 5.91 Å². The highest BCUT2D eigenvalue weighted by Gasteiger charge is 2.13. The molecule has 20 heavy (non-hydrogen) atoms. The molecular weight excluding hydrogens is 270 g/mol. The van der Waals surface area contributed by atoms with Crippen molar-refractivity contribution in [2.45, 2.75) is 26.3 Å². The van der Waals surface area contributed by atoms with Gasteiger partial charge in [-0.1, -0.05) is 48.4 Å². The number of carbonyl (C=O) groups is 1. The highest BCUT2D eigenvalue weighted by Crippen LogP contribution is 2.18. The van der Waals surface area contributed by atoms with Crippen molar-refractivity contribution in [2.75, 3.05) is 0 Å². The summed E-state index contributed by atoms with van der Waals surface area (Å²) in [5.41, 5.74) is 2.97. The molecule has 3 heteroatoms. The van der Waals surface area contributed by atoms with Crippen LogP contribution in [0.5, 0.6) is 0 Å². The van der Waals surface area contributed by atoms with Crippen molar-refractivity contribution in [1.82, 2.24) is 5.32 Å². The lowest BCUT2D eigenvalue weighted by atomic mass is 10.0. The Kier molecular flexibility index (Phi) is 4.80. The molecule has 2 nitrogen and oxygen atoms in total. The van der Waals surface area contributed by atoms with Crippen LogP contribution < -0.4 is 5.32 Å². The summed E-state index contributed by atoms with van der Waals surface area (Å²) in [6, 6.07) is 15.2. The first-order valence-corrected chi connectivity index (χ1v) is 7.11. The van der Waals surface area contributed by atoms with Crippen LogP contribution >= 0.6 is 11.6 Å². The van der Waals surface area contributed by atoms with Gasteiger partial charge in [0, 0.05) is 10.6 Å². The first-order valence-electron chi connectivity index (χ1n) is 6.73. The van der Waals surface area contributed by atoms with Crippen molar-refractivity contribution in [3.05, 3.63) is 70.2 Å². The van der Waals surface area contributed by atoms with E-state index >= 15 is 0 Å². The van der Waals surface area contributed by atoms with E-state index in [0.717, 1.165) is 12.0 Å². The van der Waals surface area contributed by atoms with Gasteiger partial charge in [0.1, 0.15) is 0 Å². The number of hydrogen-bond donors (Lipinski definition) is 1. The molecule has 0 saturated heterocycles. The van der Waals surface area contributed by atoms with E-state index in [1.165, 1.54) is 5.56 Å². The number of hydrogen-bond acceptors (Lipinski definition) is 1. The fourth-order valence-electron chi connectivity index (χ4n) is 2.06. The Bertz CT molecular complexity index is 575. The van der Waals surface area contributed by atoms with Gasteiger partial charge in [0.25, 0.3) is 5.91 Å². The van der Waals surface area contributed by atoms with Crippen molar-refractivity contribution in [2.24, 2.45) is 0 Å². The van der Waals surface area contributed by atoms with Gasteiger partial charge < -0.3 is 5.32 Å². The number of carbonyl (C=O) groups excluding carboxylic acids is 1. The third-order valence-electron chi connectivity index (χ3n) is 3.30. The zero-order valence-corrected chi connectivity index (χ0v) is 12.4. The molecule has 0 saturated carbocycles. The number of benzene rings is 2. The van der Waals surface area contributed by atoms with E-state index in [2.05, 4.69) is 43.4 Å². The smallest absolute Gasteiger partial charge is 0.251 e. The van der Waals surface area contributed by atoms with Crippen LogP contribution in [0, 0.1) is 6.92 Å². The molecule has 0 unspecified atom stereocenters. The van der Waals surface area contributed by atoms with Gasteiger partial charge in [-0.05, 0) is 43.2 Å². The van der Waals surface area contributed by atoms with E-state index in [0.29, 0.717) is 10.6 Å². The SMILES string of the molecule is CC[C@@H](NC(=O)c1ccc(Cl)cc1)c1ccc(C)cc1. The lowest BCUT2D eigenvalue weighted by Gasteiger charge is -2.17. The largest absolute Gasteiger partial charge is 0.345 e. The van der Waals surface area contributed by atoms with Gasteiger partial charge in [-0.15, -0.1) is 0 Å². The van der Waals surface area contributed by atoms with Gasteiger partial charge in [-0.25, -0.2) is 0 Å². The molecule has 0 fully saturated rings. The second-order valence-corrected chi connectivity index (χ2v) is 5.29. The Morgan fingerprint density at radius 1 is 1.10 bits per heavy atom. The van der Waals surface area contributed by atoms with Gasteiger partial charge in [0.2, 0.25) is 0 Å². The van der Waals surface area contributed by atoms with Crippen LogP contribution in [0.15, 0.2) is 48.5 Å². The zero-order valence-electron chi connectivity index (χ0n) is 11.7. The molecule has 0 bridgehead atoms. The van der Waals surface area contributed by atoms with Gasteiger partial charge >= 0.3 is 0 Å². The molecular formula is C17H18ClNO. The van der Waals surface area contributed by atoms with Gasteiger partial charge in [0.05, 0.1) is 6.04 Å². The Hall–Kier alpha value is -1.80. The van der Waals surface area contributed by atoms with Crippen LogP contribution in [0.25, 0.3) is 0 Å². The number of halogens is 1. The van der Waals surface area contributed by atoms with E-state index in [-0.39, 0.29) is 11.9 Å². The molecule has 0 spiro atoms. The summed E-state index contributed by atoms with van der Waals surface area (Å²) in [6.07, 6.45) is 0.850. The average Bonchev–Trinajstić information content (AvgIpc) is 2.46. The number of nitrogens with one attached hydrogen (secondary N) is 1. The van der Waals surface area contributed by atoms with E-state index in [4.69, 9.17) is 11.6 Å². The molecule has 2 aromatic rings. The lowest BCUT2D eigenvalue weighted by Crippen LogP contribution is -2.28. The minimum atomic E-state index is -0.0749. The minimum absolute atomic E-state index is 0.0266. The summed E-state index contributed by atoms with van der Waals surface area (Å²) in [5, 5.41) is 3.69. The number of aryl methyl sites for hydroxylation is 1. The topological polar surface area (TPSA) is 29.1 Å². The molecule has 0 aliphatic carbocycles. The quantitative estimate of drug-likeness (QED) is 0.879. The molecule has 104 valence electrons. The second-order valence-electron chi connectivity index (χ2n) is 4.85. The predicted octanol–water partition coefficient (Wildman–Crippen LogP) is 4.53. The van der Waals surface area contributed by atoms with E-state index in [9.17, 15) is 4.79 Å². The third-order valence-corrected chi connectivity index (χ3v) is 3.55. The second kappa shape index (κ2) is 6.58. The molecule has 0 aliphatic heterocycles. The molecule has 0 heterocycles. The summed E-state index contributed by atoms with van der Waals surface area (Å²) >= 11 is 5.83. The average molecular weight is 288 g/mol. The Morgan fingerprint density at radius 2 is 1.70 bits per heavy atom. The number of rotatable bonds is 4. The third kappa shape index (κ3) is 3.61. The predicted molar refractivity (Wildman–Crippen MR) is 83.1 cm³/mol. The highest BCUT2D eigenvalue weighted by atomic mass is 35.5. The molecule has 1 N–H and O–H groups in total. The molecule has 1 atom stereocenters. The zero-order chi connectivity index (χ0) is 14.5. The summed E-state index contributed by atoms with van der Waals surface area (Å²) < 4.78 is 0. The maximum atomic E-state index is 12.2. The van der Waals surface area contributed by atoms with Crippen LogP contribution in [-0.2, 0) is 0 Å². The molecule has 2 rings (SSSR count). The first-order chi connectivity index (χ1) is 9.60. The summed E-state index contributed by atoms with van der Waals surface area (Å²) in [5.74, 6) is -0.0749.